The first-order valence-corrected chi connectivity index (χ1v) is 11.4. The topological polar surface area (TPSA) is 69.6 Å². The maximum Gasteiger partial charge on any atom is 0.279 e. The molecule has 2 aromatic rings. The number of aliphatic hydroxyl groups excluding tert-OH is 1. The molecule has 2 N–H and O–H groups in total. The van der Waals surface area contributed by atoms with Crippen molar-refractivity contribution >= 4 is 23.2 Å². The summed E-state index contributed by atoms with van der Waals surface area (Å²) in [5.41, 5.74) is 0.516. The van der Waals surface area contributed by atoms with Crippen LogP contribution >= 0.6 is 0 Å². The van der Waals surface area contributed by atoms with Gasteiger partial charge < -0.3 is 15.3 Å². The lowest BCUT2D eigenvalue weighted by Gasteiger charge is -2.31. The molecule has 0 bridgehead atoms. The molecular formula is C27H27F3N2O3. The molecule has 3 atom stereocenters. The van der Waals surface area contributed by atoms with Crippen molar-refractivity contribution in [1.29, 1.82) is 0 Å². The highest BCUT2D eigenvalue weighted by molar-refractivity contribution is 6.07. The molecule has 1 heterocycles. The van der Waals surface area contributed by atoms with E-state index in [-0.39, 0.29) is 29.3 Å². The minimum Gasteiger partial charge on any atom is -0.382 e. The minimum absolute atomic E-state index is 0.00826. The van der Waals surface area contributed by atoms with E-state index in [4.69, 9.17) is 0 Å². The van der Waals surface area contributed by atoms with Crippen molar-refractivity contribution in [2.24, 2.45) is 11.3 Å². The first kappa shape index (κ1) is 24.7. The summed E-state index contributed by atoms with van der Waals surface area (Å²) in [6, 6.07) is 10.8. The first-order chi connectivity index (χ1) is 16.4. The summed E-state index contributed by atoms with van der Waals surface area (Å²) in [6.45, 7) is 4.93. The van der Waals surface area contributed by atoms with Crippen LogP contribution in [-0.4, -0.2) is 29.4 Å². The van der Waals surface area contributed by atoms with E-state index in [1.807, 2.05) is 6.92 Å². The van der Waals surface area contributed by atoms with E-state index in [1.165, 1.54) is 47.4 Å². The van der Waals surface area contributed by atoms with Crippen LogP contribution in [0.3, 0.4) is 0 Å². The third kappa shape index (κ3) is 4.62. The minimum atomic E-state index is -3.37. The van der Waals surface area contributed by atoms with Gasteiger partial charge in [-0.2, -0.15) is 0 Å². The summed E-state index contributed by atoms with van der Waals surface area (Å²) >= 11 is 0. The number of fused-ring (bicyclic) bond motifs is 1. The second-order valence-corrected chi connectivity index (χ2v) is 9.42. The average molecular weight is 485 g/mol. The molecule has 2 aliphatic rings. The molecule has 35 heavy (non-hydrogen) atoms. The highest BCUT2D eigenvalue weighted by Crippen LogP contribution is 2.43. The summed E-state index contributed by atoms with van der Waals surface area (Å²) in [6.07, 6.45) is 1.56. The summed E-state index contributed by atoms with van der Waals surface area (Å²) in [7, 11) is 0. The molecule has 184 valence electrons. The van der Waals surface area contributed by atoms with E-state index in [0.717, 1.165) is 0 Å². The molecule has 5 nitrogen and oxygen atoms in total. The van der Waals surface area contributed by atoms with Gasteiger partial charge in [-0.15, -0.1) is 0 Å². The fraction of sp³-hybridized carbons (Fsp3) is 0.333. The number of amides is 2. The number of anilines is 2. The Labute approximate surface area is 201 Å². The number of nitrogens with one attached hydrogen (secondary N) is 1. The number of aryl methyl sites for hydroxylation is 1. The van der Waals surface area contributed by atoms with Crippen LogP contribution < -0.4 is 10.2 Å². The van der Waals surface area contributed by atoms with Gasteiger partial charge in [-0.1, -0.05) is 30.7 Å². The number of nitrogens with zero attached hydrogens (tertiary/aromatic N) is 1. The molecule has 0 fully saturated rings. The van der Waals surface area contributed by atoms with E-state index < -0.39 is 41.5 Å². The van der Waals surface area contributed by atoms with E-state index in [0.29, 0.717) is 11.3 Å². The predicted molar refractivity (Wildman–Crippen MR) is 128 cm³/mol. The first-order valence-electron chi connectivity index (χ1n) is 11.4. The Morgan fingerprint density at radius 2 is 1.83 bits per heavy atom. The number of benzene rings is 2. The lowest BCUT2D eigenvalue weighted by Crippen LogP contribution is -2.38. The van der Waals surface area contributed by atoms with E-state index in [9.17, 15) is 27.9 Å². The standard InChI is InChI=1S/C27H27F3N2O3/c1-16-4-11-22-21(14-16)23(33)27(29,30)12-13-32(22)24(34)18-6-9-20(10-7-18)31-25(35)26(3)15-19(28)8-5-17(26)2/h4-11,14-15,17,23,33H,12-13H2,1-3H3,(H,31,35)/t17?,23-,26?/m1/s1. The summed E-state index contributed by atoms with van der Waals surface area (Å²) in [5, 5.41) is 13.0. The normalized spacial score (nSPS) is 25.3. The number of hydrogen-bond acceptors (Lipinski definition) is 3. The molecule has 2 unspecified atom stereocenters. The quantitative estimate of drug-likeness (QED) is 0.586. The van der Waals surface area contributed by atoms with Crippen LogP contribution in [-0.2, 0) is 4.79 Å². The van der Waals surface area contributed by atoms with Gasteiger partial charge >= 0.3 is 0 Å². The van der Waals surface area contributed by atoms with Crippen molar-refractivity contribution in [3.8, 4) is 0 Å². The van der Waals surface area contributed by atoms with Crippen LogP contribution in [0, 0.1) is 18.3 Å². The Morgan fingerprint density at radius 1 is 1.14 bits per heavy atom. The third-order valence-electron chi connectivity index (χ3n) is 6.89. The maximum absolute atomic E-state index is 14.5. The molecule has 0 spiro atoms. The zero-order chi connectivity index (χ0) is 25.5. The van der Waals surface area contributed by atoms with Gasteiger partial charge in [0.1, 0.15) is 11.9 Å². The van der Waals surface area contributed by atoms with Crippen molar-refractivity contribution in [1.82, 2.24) is 0 Å². The third-order valence-corrected chi connectivity index (χ3v) is 6.89. The molecule has 2 amide bonds. The maximum atomic E-state index is 14.5. The Kier molecular flexibility index (Phi) is 6.36. The van der Waals surface area contributed by atoms with Gasteiger partial charge in [0.2, 0.25) is 5.91 Å². The van der Waals surface area contributed by atoms with Gasteiger partial charge in [-0.05, 0) is 62.2 Å². The van der Waals surface area contributed by atoms with Gasteiger partial charge in [-0.3, -0.25) is 9.59 Å². The number of carbonyl (C=O) groups is 2. The van der Waals surface area contributed by atoms with Crippen molar-refractivity contribution in [3.05, 3.63) is 83.2 Å². The summed E-state index contributed by atoms with van der Waals surface area (Å²) < 4.78 is 42.7. The molecule has 0 saturated heterocycles. The molecule has 1 aliphatic heterocycles. The van der Waals surface area contributed by atoms with Crippen LogP contribution in [0.1, 0.15) is 47.9 Å². The molecule has 0 aromatic heterocycles. The molecule has 2 aromatic carbocycles. The van der Waals surface area contributed by atoms with Gasteiger partial charge in [0.15, 0.2) is 0 Å². The molecule has 0 saturated carbocycles. The van der Waals surface area contributed by atoms with Crippen LogP contribution in [0.4, 0.5) is 24.5 Å². The van der Waals surface area contributed by atoms with Crippen molar-refractivity contribution < 1.29 is 27.9 Å². The summed E-state index contributed by atoms with van der Waals surface area (Å²) in [5.74, 6) is -4.97. The number of rotatable bonds is 3. The van der Waals surface area contributed by atoms with E-state index in [1.54, 1.807) is 32.1 Å². The highest BCUT2D eigenvalue weighted by Gasteiger charge is 2.44. The largest absolute Gasteiger partial charge is 0.382 e. The summed E-state index contributed by atoms with van der Waals surface area (Å²) in [4.78, 5) is 27.4. The molecule has 1 aliphatic carbocycles. The van der Waals surface area contributed by atoms with Gasteiger partial charge in [0, 0.05) is 35.5 Å². The predicted octanol–water partition coefficient (Wildman–Crippen LogP) is 5.72. The van der Waals surface area contributed by atoms with Crippen LogP contribution in [0.5, 0.6) is 0 Å². The van der Waals surface area contributed by atoms with Crippen molar-refractivity contribution in [2.45, 2.75) is 39.2 Å². The van der Waals surface area contributed by atoms with Gasteiger partial charge in [0.05, 0.1) is 5.41 Å². The Bertz CT molecular complexity index is 1220. The van der Waals surface area contributed by atoms with Crippen LogP contribution in [0.15, 0.2) is 66.5 Å². The number of halogens is 3. The fourth-order valence-corrected chi connectivity index (χ4v) is 4.39. The van der Waals surface area contributed by atoms with Gasteiger partial charge in [-0.25, -0.2) is 13.2 Å². The number of allylic oxidation sites excluding steroid dienone is 3. The second-order valence-electron chi connectivity index (χ2n) is 9.42. The zero-order valence-electron chi connectivity index (χ0n) is 19.7. The number of carbonyl (C=O) groups excluding carboxylic acids is 2. The second kappa shape index (κ2) is 9.00. The monoisotopic (exact) mass is 484 g/mol. The van der Waals surface area contributed by atoms with E-state index in [2.05, 4.69) is 5.32 Å². The zero-order valence-corrected chi connectivity index (χ0v) is 19.7. The average Bonchev–Trinajstić information content (AvgIpc) is 2.91. The van der Waals surface area contributed by atoms with Crippen LogP contribution in [0.25, 0.3) is 0 Å². The van der Waals surface area contributed by atoms with Crippen molar-refractivity contribution in [2.75, 3.05) is 16.8 Å². The van der Waals surface area contributed by atoms with Gasteiger partial charge in [0.25, 0.3) is 11.8 Å². The number of aliphatic hydroxyl groups is 1. The Balaban J connectivity index is 1.56. The lowest BCUT2D eigenvalue weighted by atomic mass is 9.74. The molecule has 0 radical (unpaired) electrons. The lowest BCUT2D eigenvalue weighted by molar-refractivity contribution is -0.124. The number of alkyl halides is 2. The fourth-order valence-electron chi connectivity index (χ4n) is 4.39. The van der Waals surface area contributed by atoms with Crippen LogP contribution in [0.2, 0.25) is 0 Å². The highest BCUT2D eigenvalue weighted by atomic mass is 19.3. The smallest absolute Gasteiger partial charge is 0.279 e. The molecule has 8 heteroatoms. The molecular weight excluding hydrogens is 457 g/mol. The SMILES string of the molecule is Cc1ccc2c(c1)[C@@H](O)C(F)(F)CCN2C(=O)c1ccc(NC(=O)C2(C)C=C(F)C=CC2C)cc1. The molecule has 4 rings (SSSR count). The Hall–Kier alpha value is -3.39. The van der Waals surface area contributed by atoms with E-state index >= 15 is 0 Å². The Morgan fingerprint density at radius 3 is 2.51 bits per heavy atom. The van der Waals surface area contributed by atoms with Crippen molar-refractivity contribution in [3.63, 3.8) is 0 Å². The number of hydrogen-bond donors (Lipinski definition) is 2.